The van der Waals surface area contributed by atoms with Crippen LogP contribution >= 0.6 is 0 Å². The lowest BCUT2D eigenvalue weighted by Crippen LogP contribution is -2.40. The van der Waals surface area contributed by atoms with Crippen LogP contribution in [0.2, 0.25) is 0 Å². The van der Waals surface area contributed by atoms with Gasteiger partial charge < -0.3 is 5.32 Å². The summed E-state index contributed by atoms with van der Waals surface area (Å²) >= 11 is 0. The Morgan fingerprint density at radius 3 is 2.04 bits per heavy atom. The summed E-state index contributed by atoms with van der Waals surface area (Å²) in [6.07, 6.45) is 0.876. The molecule has 6 heteroatoms. The van der Waals surface area contributed by atoms with Crippen molar-refractivity contribution in [3.05, 3.63) is 59.7 Å². The number of hydrogen-bond acceptors (Lipinski definition) is 3. The summed E-state index contributed by atoms with van der Waals surface area (Å²) in [5.41, 5.74) is 2.39. The van der Waals surface area contributed by atoms with Crippen LogP contribution in [0.15, 0.2) is 53.4 Å². The van der Waals surface area contributed by atoms with Crippen molar-refractivity contribution in [2.75, 3.05) is 5.32 Å². The maximum Gasteiger partial charge on any atom is 0.241 e. The van der Waals surface area contributed by atoms with Gasteiger partial charge in [-0.15, -0.1) is 0 Å². The van der Waals surface area contributed by atoms with Crippen LogP contribution in [0, 0.1) is 0 Å². The van der Waals surface area contributed by atoms with Gasteiger partial charge in [-0.1, -0.05) is 38.1 Å². The molecule has 152 valence electrons. The van der Waals surface area contributed by atoms with Crippen molar-refractivity contribution in [2.45, 2.75) is 63.8 Å². The molecule has 0 saturated heterocycles. The number of carbonyl (C=O) groups excluding carboxylic acids is 1. The van der Waals surface area contributed by atoms with Crippen molar-refractivity contribution in [3.63, 3.8) is 0 Å². The summed E-state index contributed by atoms with van der Waals surface area (Å²) < 4.78 is 27.3. The topological polar surface area (TPSA) is 75.3 Å². The Morgan fingerprint density at radius 1 is 0.964 bits per heavy atom. The lowest BCUT2D eigenvalue weighted by Gasteiger charge is -2.20. The van der Waals surface area contributed by atoms with Gasteiger partial charge in [0.05, 0.1) is 4.90 Å². The van der Waals surface area contributed by atoms with Gasteiger partial charge in [0, 0.05) is 17.6 Å². The van der Waals surface area contributed by atoms with E-state index in [-0.39, 0.29) is 10.8 Å². The van der Waals surface area contributed by atoms with Crippen molar-refractivity contribution in [2.24, 2.45) is 0 Å². The quantitative estimate of drug-likeness (QED) is 0.718. The maximum atomic E-state index is 12.3. The molecule has 2 aromatic rings. The minimum atomic E-state index is -3.55. The molecule has 0 saturated carbocycles. The van der Waals surface area contributed by atoms with E-state index in [2.05, 4.69) is 23.9 Å². The van der Waals surface area contributed by atoms with E-state index < -0.39 is 15.6 Å². The van der Waals surface area contributed by atoms with Crippen LogP contribution in [0.1, 0.15) is 58.1 Å². The Bertz CT molecular complexity index is 894. The Kier molecular flexibility index (Phi) is 7.01. The Morgan fingerprint density at radius 2 is 1.54 bits per heavy atom. The molecule has 0 spiro atoms. The molecule has 0 radical (unpaired) electrons. The zero-order valence-corrected chi connectivity index (χ0v) is 18.1. The highest BCUT2D eigenvalue weighted by atomic mass is 32.2. The van der Waals surface area contributed by atoms with E-state index >= 15 is 0 Å². The molecular weight excluding hydrogens is 372 g/mol. The summed E-state index contributed by atoms with van der Waals surface area (Å²) in [5.74, 6) is 0.388. The highest BCUT2D eigenvalue weighted by Gasteiger charge is 2.21. The molecule has 0 aliphatic heterocycles. The maximum absolute atomic E-state index is 12.3. The third kappa shape index (κ3) is 6.77. The van der Waals surface area contributed by atoms with Crippen molar-refractivity contribution in [1.82, 2.24) is 4.72 Å². The van der Waals surface area contributed by atoms with Gasteiger partial charge in [0.1, 0.15) is 0 Å². The molecule has 28 heavy (non-hydrogen) atoms. The highest BCUT2D eigenvalue weighted by molar-refractivity contribution is 7.89. The third-order valence-corrected chi connectivity index (χ3v) is 5.95. The summed E-state index contributed by atoms with van der Waals surface area (Å²) in [4.78, 5) is 12.4. The molecular formula is C22H30N2O3S. The second-order valence-electron chi connectivity index (χ2n) is 8.32. The standard InChI is InChI=1S/C22H30N2O3S/c1-16(2)18-9-11-19(12-10-18)23-21(25)15-8-17-6-13-20(14-7-17)28(26,27)24-22(3,4)5/h6-7,9-14,16,24H,8,15H2,1-5H3,(H,23,25). The first-order valence-corrected chi connectivity index (χ1v) is 11.0. The minimum Gasteiger partial charge on any atom is -0.326 e. The summed E-state index contributed by atoms with van der Waals surface area (Å²) in [6.45, 7) is 9.66. The Balaban J connectivity index is 1.91. The smallest absolute Gasteiger partial charge is 0.241 e. The van der Waals surface area contributed by atoms with E-state index in [1.807, 2.05) is 24.3 Å². The van der Waals surface area contributed by atoms with E-state index in [0.717, 1.165) is 11.3 Å². The number of sulfonamides is 1. The fourth-order valence-corrected chi connectivity index (χ4v) is 4.15. The van der Waals surface area contributed by atoms with E-state index in [1.165, 1.54) is 5.56 Å². The zero-order valence-electron chi connectivity index (χ0n) is 17.2. The largest absolute Gasteiger partial charge is 0.326 e. The Hall–Kier alpha value is -2.18. The summed E-state index contributed by atoms with van der Waals surface area (Å²) in [5, 5.41) is 2.89. The lowest BCUT2D eigenvalue weighted by molar-refractivity contribution is -0.116. The monoisotopic (exact) mass is 402 g/mol. The number of amides is 1. The molecule has 0 aliphatic rings. The molecule has 1 amide bonds. The molecule has 0 aliphatic carbocycles. The SMILES string of the molecule is CC(C)c1ccc(NC(=O)CCc2ccc(S(=O)(=O)NC(C)(C)C)cc2)cc1. The van der Waals surface area contributed by atoms with E-state index in [9.17, 15) is 13.2 Å². The van der Waals surface area contributed by atoms with Gasteiger partial charge in [-0.25, -0.2) is 13.1 Å². The first kappa shape index (κ1) is 22.1. The van der Waals surface area contributed by atoms with Gasteiger partial charge in [0.2, 0.25) is 15.9 Å². The first-order valence-electron chi connectivity index (χ1n) is 9.49. The van der Waals surface area contributed by atoms with E-state index in [0.29, 0.717) is 18.8 Å². The average molecular weight is 403 g/mol. The normalized spacial score (nSPS) is 12.2. The van der Waals surface area contributed by atoms with Gasteiger partial charge in [0.25, 0.3) is 0 Å². The zero-order chi connectivity index (χ0) is 20.9. The van der Waals surface area contributed by atoms with E-state index in [1.54, 1.807) is 45.0 Å². The number of nitrogens with one attached hydrogen (secondary N) is 2. The van der Waals surface area contributed by atoms with Gasteiger partial charge >= 0.3 is 0 Å². The molecule has 5 nitrogen and oxygen atoms in total. The number of aryl methyl sites for hydroxylation is 1. The number of carbonyl (C=O) groups is 1. The first-order chi connectivity index (χ1) is 13.0. The highest BCUT2D eigenvalue weighted by Crippen LogP contribution is 2.18. The van der Waals surface area contributed by atoms with Gasteiger partial charge in [-0.3, -0.25) is 4.79 Å². The third-order valence-electron chi connectivity index (χ3n) is 4.18. The molecule has 2 aromatic carbocycles. The summed E-state index contributed by atoms with van der Waals surface area (Å²) in [7, 11) is -3.55. The molecule has 2 rings (SSSR count). The van der Waals surface area contributed by atoms with Gasteiger partial charge in [-0.2, -0.15) is 0 Å². The number of anilines is 1. The van der Waals surface area contributed by atoms with Crippen molar-refractivity contribution in [3.8, 4) is 0 Å². The number of benzene rings is 2. The van der Waals surface area contributed by atoms with Crippen molar-refractivity contribution >= 4 is 21.6 Å². The number of rotatable bonds is 7. The molecule has 2 N–H and O–H groups in total. The van der Waals surface area contributed by atoms with Crippen molar-refractivity contribution < 1.29 is 13.2 Å². The Labute approximate surface area is 168 Å². The van der Waals surface area contributed by atoms with Gasteiger partial charge in [-0.05, 0) is 68.5 Å². The average Bonchev–Trinajstić information content (AvgIpc) is 2.59. The predicted octanol–water partition coefficient (Wildman–Crippen LogP) is 4.46. The lowest BCUT2D eigenvalue weighted by atomic mass is 10.0. The second kappa shape index (κ2) is 8.88. The molecule has 0 bridgehead atoms. The molecule has 0 atom stereocenters. The van der Waals surface area contributed by atoms with Crippen LogP contribution in [0.3, 0.4) is 0 Å². The molecule has 0 heterocycles. The van der Waals surface area contributed by atoms with Crippen LogP contribution in [0.4, 0.5) is 5.69 Å². The molecule has 0 fully saturated rings. The minimum absolute atomic E-state index is 0.0663. The van der Waals surface area contributed by atoms with Gasteiger partial charge in [0.15, 0.2) is 0 Å². The van der Waals surface area contributed by atoms with Crippen LogP contribution in [0.25, 0.3) is 0 Å². The fourth-order valence-electron chi connectivity index (χ4n) is 2.73. The number of hydrogen-bond donors (Lipinski definition) is 2. The second-order valence-corrected chi connectivity index (χ2v) is 10.0. The van der Waals surface area contributed by atoms with E-state index in [4.69, 9.17) is 0 Å². The van der Waals surface area contributed by atoms with Crippen LogP contribution in [-0.4, -0.2) is 19.9 Å². The fraction of sp³-hybridized carbons (Fsp3) is 0.409. The predicted molar refractivity (Wildman–Crippen MR) is 114 cm³/mol. The van der Waals surface area contributed by atoms with Crippen LogP contribution in [0.5, 0.6) is 0 Å². The molecule has 0 unspecified atom stereocenters. The molecule has 0 aromatic heterocycles. The van der Waals surface area contributed by atoms with Crippen LogP contribution in [-0.2, 0) is 21.2 Å². The van der Waals surface area contributed by atoms with Crippen molar-refractivity contribution in [1.29, 1.82) is 0 Å². The van der Waals surface area contributed by atoms with Crippen LogP contribution < -0.4 is 10.0 Å². The summed E-state index contributed by atoms with van der Waals surface area (Å²) in [6, 6.07) is 14.5.